The van der Waals surface area contributed by atoms with Crippen LogP contribution in [0.5, 0.6) is 0 Å². The van der Waals surface area contributed by atoms with Crippen LogP contribution in [0, 0.1) is 12.8 Å². The van der Waals surface area contributed by atoms with Crippen LogP contribution in [0.1, 0.15) is 18.4 Å². The minimum absolute atomic E-state index is 0.118. The van der Waals surface area contributed by atoms with Crippen LogP contribution in [-0.2, 0) is 4.79 Å². The molecule has 1 N–H and O–H groups in total. The molecule has 1 heterocycles. The minimum atomic E-state index is 0.118. The van der Waals surface area contributed by atoms with E-state index in [2.05, 4.69) is 16.5 Å². The van der Waals surface area contributed by atoms with Crippen molar-refractivity contribution in [3.63, 3.8) is 0 Å². The number of rotatable bonds is 6. The number of thioether (sulfide) groups is 1. The Morgan fingerprint density at radius 3 is 3.00 bits per heavy atom. The fourth-order valence-corrected chi connectivity index (χ4v) is 3.42. The maximum Gasteiger partial charge on any atom is 0.225 e. The first kappa shape index (κ1) is 15.4. The number of hydrogen-bond acceptors (Lipinski definition) is 3. The van der Waals surface area contributed by atoms with Crippen LogP contribution >= 0.6 is 11.8 Å². The van der Waals surface area contributed by atoms with Gasteiger partial charge in [0, 0.05) is 25.2 Å². The zero-order valence-electron chi connectivity index (χ0n) is 12.4. The van der Waals surface area contributed by atoms with Gasteiger partial charge in [-0.15, -0.1) is 0 Å². The fourth-order valence-electron chi connectivity index (χ4n) is 2.67. The molecule has 1 saturated heterocycles. The Labute approximate surface area is 126 Å². The van der Waals surface area contributed by atoms with E-state index in [1.807, 2.05) is 43.0 Å². The number of nitrogens with zero attached hydrogens (tertiary/aromatic N) is 1. The van der Waals surface area contributed by atoms with E-state index in [0.717, 1.165) is 36.8 Å². The van der Waals surface area contributed by atoms with Crippen LogP contribution in [-0.4, -0.2) is 42.4 Å². The molecule has 20 heavy (non-hydrogen) atoms. The predicted octanol–water partition coefficient (Wildman–Crippen LogP) is 3.01. The van der Waals surface area contributed by atoms with Gasteiger partial charge in [-0.05, 0) is 49.4 Å². The maximum absolute atomic E-state index is 12.0. The molecule has 1 fully saturated rings. The monoisotopic (exact) mass is 292 g/mol. The molecule has 0 aliphatic carbocycles. The molecule has 0 saturated carbocycles. The van der Waals surface area contributed by atoms with Gasteiger partial charge in [-0.25, -0.2) is 0 Å². The van der Waals surface area contributed by atoms with Crippen LogP contribution in [0.15, 0.2) is 24.3 Å². The smallest absolute Gasteiger partial charge is 0.225 e. The molecule has 0 aromatic heterocycles. The third-order valence-corrected chi connectivity index (χ3v) is 4.65. The molecule has 1 aliphatic rings. The Bertz CT molecular complexity index is 450. The van der Waals surface area contributed by atoms with Crippen molar-refractivity contribution in [2.24, 2.45) is 5.92 Å². The highest BCUT2D eigenvalue weighted by Crippen LogP contribution is 2.20. The number of likely N-dealkylation sites (tertiary alicyclic amines) is 1. The second kappa shape index (κ2) is 7.70. The summed E-state index contributed by atoms with van der Waals surface area (Å²) in [5.41, 5.74) is 2.04. The van der Waals surface area contributed by atoms with Crippen molar-refractivity contribution in [1.82, 2.24) is 4.90 Å². The maximum atomic E-state index is 12.0. The molecule has 1 aromatic carbocycles. The van der Waals surface area contributed by atoms with Crippen LogP contribution in [0.3, 0.4) is 0 Å². The van der Waals surface area contributed by atoms with Crippen molar-refractivity contribution in [3.8, 4) is 0 Å². The lowest BCUT2D eigenvalue weighted by atomic mass is 10.2. The third kappa shape index (κ3) is 4.53. The molecular weight excluding hydrogens is 268 g/mol. The third-order valence-electron chi connectivity index (χ3n) is 3.85. The lowest BCUT2D eigenvalue weighted by Gasteiger charge is -2.15. The average molecular weight is 292 g/mol. The van der Waals surface area contributed by atoms with Crippen molar-refractivity contribution in [2.45, 2.75) is 19.8 Å². The molecule has 0 spiro atoms. The number of nitrogens with one attached hydrogen (secondary N) is 1. The summed E-state index contributed by atoms with van der Waals surface area (Å²) in [6.07, 6.45) is 4.03. The van der Waals surface area contributed by atoms with Crippen LogP contribution in [0.4, 0.5) is 5.69 Å². The first-order valence-corrected chi connectivity index (χ1v) is 8.65. The highest BCUT2D eigenvalue weighted by Gasteiger charge is 2.22. The van der Waals surface area contributed by atoms with E-state index in [0.29, 0.717) is 6.42 Å². The lowest BCUT2D eigenvalue weighted by Crippen LogP contribution is -2.26. The highest BCUT2D eigenvalue weighted by atomic mass is 32.2. The van der Waals surface area contributed by atoms with Gasteiger partial charge in [0.15, 0.2) is 0 Å². The van der Waals surface area contributed by atoms with Crippen molar-refractivity contribution >= 4 is 23.4 Å². The molecule has 3 nitrogen and oxygen atoms in total. The quantitative estimate of drug-likeness (QED) is 0.875. The number of anilines is 1. The molecule has 0 radical (unpaired) electrons. The summed E-state index contributed by atoms with van der Waals surface area (Å²) in [5.74, 6) is 2.17. The summed E-state index contributed by atoms with van der Waals surface area (Å²) >= 11 is 1.92. The summed E-state index contributed by atoms with van der Waals surface area (Å²) in [6, 6.07) is 7.91. The first-order valence-electron chi connectivity index (χ1n) is 7.26. The average Bonchev–Trinajstić information content (AvgIpc) is 2.87. The number of hydrogen-bond donors (Lipinski definition) is 1. The van der Waals surface area contributed by atoms with Crippen LogP contribution < -0.4 is 5.32 Å². The van der Waals surface area contributed by atoms with Gasteiger partial charge in [0.05, 0.1) is 0 Å². The number of benzene rings is 1. The molecule has 1 aromatic rings. The van der Waals surface area contributed by atoms with Gasteiger partial charge < -0.3 is 10.2 Å². The zero-order valence-corrected chi connectivity index (χ0v) is 13.2. The van der Waals surface area contributed by atoms with Gasteiger partial charge in [0.1, 0.15) is 0 Å². The standard InChI is InChI=1S/C16H24N2OS/c1-13-5-3-4-6-15(13)17-16(19)8-10-18-9-7-14(11-18)12-20-2/h3-6,14H,7-12H2,1-2H3,(H,17,19)/t14-/m0/s1. The lowest BCUT2D eigenvalue weighted by molar-refractivity contribution is -0.116. The molecule has 0 bridgehead atoms. The van der Waals surface area contributed by atoms with E-state index in [-0.39, 0.29) is 5.91 Å². The Kier molecular flexibility index (Phi) is 5.92. The predicted molar refractivity (Wildman–Crippen MR) is 87.4 cm³/mol. The topological polar surface area (TPSA) is 32.3 Å². The van der Waals surface area contributed by atoms with E-state index in [9.17, 15) is 4.79 Å². The highest BCUT2D eigenvalue weighted by molar-refractivity contribution is 7.98. The van der Waals surface area contributed by atoms with Crippen molar-refractivity contribution in [3.05, 3.63) is 29.8 Å². The molecule has 110 valence electrons. The number of aryl methyl sites for hydroxylation is 1. The number of carbonyl (C=O) groups is 1. The molecule has 1 atom stereocenters. The molecular formula is C16H24N2OS. The van der Waals surface area contributed by atoms with Gasteiger partial charge >= 0.3 is 0 Å². The van der Waals surface area contributed by atoms with Crippen LogP contribution in [0.2, 0.25) is 0 Å². The van der Waals surface area contributed by atoms with E-state index in [4.69, 9.17) is 0 Å². The second-order valence-electron chi connectivity index (χ2n) is 5.52. The summed E-state index contributed by atoms with van der Waals surface area (Å²) in [6.45, 7) is 5.19. The Morgan fingerprint density at radius 1 is 1.45 bits per heavy atom. The van der Waals surface area contributed by atoms with Crippen molar-refractivity contribution < 1.29 is 4.79 Å². The Hall–Kier alpha value is -1.00. The largest absolute Gasteiger partial charge is 0.326 e. The van der Waals surface area contributed by atoms with Crippen molar-refractivity contribution in [2.75, 3.05) is 37.0 Å². The van der Waals surface area contributed by atoms with Crippen molar-refractivity contribution in [1.29, 1.82) is 0 Å². The summed E-state index contributed by atoms with van der Waals surface area (Å²) < 4.78 is 0. The summed E-state index contributed by atoms with van der Waals surface area (Å²) in [5, 5.41) is 3.00. The number of para-hydroxylation sites is 1. The van der Waals surface area contributed by atoms with Gasteiger partial charge in [-0.3, -0.25) is 4.79 Å². The zero-order chi connectivity index (χ0) is 14.4. The second-order valence-corrected chi connectivity index (χ2v) is 6.43. The van der Waals surface area contributed by atoms with Gasteiger partial charge in [-0.1, -0.05) is 18.2 Å². The molecule has 1 aliphatic heterocycles. The van der Waals surface area contributed by atoms with Gasteiger partial charge in [-0.2, -0.15) is 11.8 Å². The molecule has 0 unspecified atom stereocenters. The minimum Gasteiger partial charge on any atom is -0.326 e. The van der Waals surface area contributed by atoms with E-state index >= 15 is 0 Å². The summed E-state index contributed by atoms with van der Waals surface area (Å²) in [7, 11) is 0. The molecule has 4 heteroatoms. The SMILES string of the molecule is CSC[C@H]1CCN(CCC(=O)Nc2ccccc2C)C1. The van der Waals surface area contributed by atoms with E-state index in [1.54, 1.807) is 0 Å². The molecule has 2 rings (SSSR count). The van der Waals surface area contributed by atoms with E-state index in [1.165, 1.54) is 12.2 Å². The Balaban J connectivity index is 1.72. The normalized spacial score (nSPS) is 19.2. The Morgan fingerprint density at radius 2 is 2.25 bits per heavy atom. The summed E-state index contributed by atoms with van der Waals surface area (Å²) in [4.78, 5) is 14.4. The van der Waals surface area contributed by atoms with Gasteiger partial charge in [0.2, 0.25) is 5.91 Å². The first-order chi connectivity index (χ1) is 9.69. The fraction of sp³-hybridized carbons (Fsp3) is 0.562. The molecule has 1 amide bonds. The number of carbonyl (C=O) groups excluding carboxylic acids is 1. The van der Waals surface area contributed by atoms with Gasteiger partial charge in [0.25, 0.3) is 0 Å². The van der Waals surface area contributed by atoms with Crippen LogP contribution in [0.25, 0.3) is 0 Å². The number of amides is 1. The van der Waals surface area contributed by atoms with E-state index < -0.39 is 0 Å².